The number of ether oxygens (including phenoxy) is 2. The van der Waals surface area contributed by atoms with E-state index >= 15 is 0 Å². The zero-order valence-electron chi connectivity index (χ0n) is 18.6. The molecule has 5 rings (SSSR count). The summed E-state index contributed by atoms with van der Waals surface area (Å²) in [6, 6.07) is 23.6. The number of nitrogens with zero attached hydrogens (tertiary/aromatic N) is 4. The molecule has 0 amide bonds. The summed E-state index contributed by atoms with van der Waals surface area (Å²) in [5.41, 5.74) is 1.70. The minimum atomic E-state index is -3.59. The highest BCUT2D eigenvalue weighted by Gasteiger charge is 2.38. The lowest BCUT2D eigenvalue weighted by Gasteiger charge is -2.37. The Morgan fingerprint density at radius 3 is 2.35 bits per heavy atom. The fraction of sp³-hybridized carbons (Fsp3) is 0.200. The minimum Gasteiger partial charge on any atom is -0.487 e. The van der Waals surface area contributed by atoms with Gasteiger partial charge in [0.1, 0.15) is 29.5 Å². The van der Waals surface area contributed by atoms with Gasteiger partial charge < -0.3 is 9.47 Å². The van der Waals surface area contributed by atoms with Gasteiger partial charge in [0.25, 0.3) is 0 Å². The van der Waals surface area contributed by atoms with Gasteiger partial charge in [-0.1, -0.05) is 41.6 Å². The average Bonchev–Trinajstić information content (AvgIpc) is 3.27. The van der Waals surface area contributed by atoms with Crippen molar-refractivity contribution in [3.05, 3.63) is 96.3 Å². The first-order valence-corrected chi connectivity index (χ1v) is 12.4. The molecule has 1 fully saturated rings. The van der Waals surface area contributed by atoms with Gasteiger partial charge in [-0.25, -0.2) is 13.1 Å². The van der Waals surface area contributed by atoms with E-state index in [0.717, 1.165) is 17.1 Å². The summed E-state index contributed by atoms with van der Waals surface area (Å²) in [6.07, 6.45) is 1.80. The lowest BCUT2D eigenvalue weighted by Crippen LogP contribution is -2.50. The smallest absolute Gasteiger partial charge is 0.243 e. The van der Waals surface area contributed by atoms with E-state index in [1.54, 1.807) is 35.1 Å². The molecule has 9 heteroatoms. The van der Waals surface area contributed by atoms with E-state index in [1.165, 1.54) is 4.31 Å². The zero-order valence-corrected chi connectivity index (χ0v) is 19.4. The monoisotopic (exact) mass is 476 g/mol. The van der Waals surface area contributed by atoms with E-state index in [4.69, 9.17) is 9.47 Å². The number of aromatic nitrogens is 3. The molecule has 1 saturated heterocycles. The van der Waals surface area contributed by atoms with Crippen molar-refractivity contribution >= 4 is 10.0 Å². The van der Waals surface area contributed by atoms with Crippen LogP contribution in [-0.2, 0) is 16.6 Å². The molecule has 0 N–H and O–H groups in total. The van der Waals surface area contributed by atoms with Crippen molar-refractivity contribution < 1.29 is 17.9 Å². The van der Waals surface area contributed by atoms with Crippen molar-refractivity contribution in [2.45, 2.75) is 24.5 Å². The largest absolute Gasteiger partial charge is 0.487 e. The fourth-order valence-corrected chi connectivity index (χ4v) is 5.15. The second kappa shape index (κ2) is 9.28. The Hall–Kier alpha value is -3.69. The van der Waals surface area contributed by atoms with Crippen LogP contribution in [0.4, 0.5) is 0 Å². The number of para-hydroxylation sites is 2. The van der Waals surface area contributed by atoms with Gasteiger partial charge in [0, 0.05) is 13.1 Å². The molecule has 0 saturated carbocycles. The summed E-state index contributed by atoms with van der Waals surface area (Å²) in [5.74, 6) is 2.08. The normalized spacial score (nSPS) is 14.5. The first-order valence-electron chi connectivity index (χ1n) is 10.9. The molecule has 1 aromatic heterocycles. The van der Waals surface area contributed by atoms with E-state index in [9.17, 15) is 8.42 Å². The van der Waals surface area contributed by atoms with Gasteiger partial charge in [-0.05, 0) is 55.0 Å². The molecule has 0 spiro atoms. The molecule has 0 bridgehead atoms. The molecule has 34 heavy (non-hydrogen) atoms. The summed E-state index contributed by atoms with van der Waals surface area (Å²) >= 11 is 0. The molecule has 2 heterocycles. The first-order chi connectivity index (χ1) is 16.5. The third-order valence-corrected chi connectivity index (χ3v) is 7.52. The average molecular weight is 477 g/mol. The predicted octanol–water partition coefficient (Wildman–Crippen LogP) is 4.20. The Morgan fingerprint density at radius 1 is 0.912 bits per heavy atom. The highest BCUT2D eigenvalue weighted by atomic mass is 32.2. The summed E-state index contributed by atoms with van der Waals surface area (Å²) in [6.45, 7) is 2.94. The van der Waals surface area contributed by atoms with Crippen LogP contribution >= 0.6 is 0 Å². The number of benzene rings is 3. The molecule has 4 aromatic rings. The van der Waals surface area contributed by atoms with Crippen molar-refractivity contribution in [2.24, 2.45) is 0 Å². The summed E-state index contributed by atoms with van der Waals surface area (Å²) in [7, 11) is -3.59. The van der Waals surface area contributed by atoms with Gasteiger partial charge >= 0.3 is 0 Å². The van der Waals surface area contributed by atoms with E-state index in [0.29, 0.717) is 31.1 Å². The second-order valence-corrected chi connectivity index (χ2v) is 10.0. The van der Waals surface area contributed by atoms with Crippen LogP contribution in [-0.4, -0.2) is 40.8 Å². The predicted molar refractivity (Wildman–Crippen MR) is 126 cm³/mol. The van der Waals surface area contributed by atoms with Crippen molar-refractivity contribution in [2.75, 3.05) is 13.1 Å². The molecule has 0 unspecified atom stereocenters. The van der Waals surface area contributed by atoms with E-state index in [2.05, 4.69) is 10.3 Å². The van der Waals surface area contributed by atoms with Gasteiger partial charge in [-0.3, -0.25) is 0 Å². The molecule has 174 valence electrons. The Labute approximate surface area is 198 Å². The topological polar surface area (TPSA) is 86.6 Å². The highest BCUT2D eigenvalue weighted by molar-refractivity contribution is 7.89. The molecular formula is C25H24N4O4S. The third kappa shape index (κ3) is 4.66. The van der Waals surface area contributed by atoms with Gasteiger partial charge in [0.15, 0.2) is 0 Å². The van der Waals surface area contributed by atoms with Gasteiger partial charge in [0.05, 0.1) is 17.1 Å². The molecule has 0 aliphatic carbocycles. The van der Waals surface area contributed by atoms with Crippen LogP contribution in [0.15, 0.2) is 90.0 Å². The SMILES string of the molecule is Cc1ccccc1Oc1ccc(S(=O)(=O)N2CC(n3cc(COc4ccccc4)nn3)C2)cc1. The van der Waals surface area contributed by atoms with Crippen LogP contribution in [0.1, 0.15) is 17.3 Å². The lowest BCUT2D eigenvalue weighted by molar-refractivity contribution is 0.188. The molecule has 8 nitrogen and oxygen atoms in total. The summed E-state index contributed by atoms with van der Waals surface area (Å²) in [5, 5.41) is 8.28. The Bertz CT molecular complexity index is 1370. The van der Waals surface area contributed by atoms with Crippen LogP contribution in [0.5, 0.6) is 17.2 Å². The number of hydrogen-bond acceptors (Lipinski definition) is 6. The molecule has 3 aromatic carbocycles. The molecular weight excluding hydrogens is 452 g/mol. The van der Waals surface area contributed by atoms with Crippen LogP contribution < -0.4 is 9.47 Å². The van der Waals surface area contributed by atoms with Crippen LogP contribution in [0.25, 0.3) is 0 Å². The lowest BCUT2D eigenvalue weighted by atomic mass is 10.2. The number of rotatable bonds is 8. The number of hydrogen-bond donors (Lipinski definition) is 0. The number of aryl methyl sites for hydroxylation is 1. The van der Waals surface area contributed by atoms with Crippen LogP contribution in [0, 0.1) is 6.92 Å². The van der Waals surface area contributed by atoms with Gasteiger partial charge in [0.2, 0.25) is 10.0 Å². The maximum absolute atomic E-state index is 13.0. The maximum Gasteiger partial charge on any atom is 0.243 e. The Morgan fingerprint density at radius 2 is 1.62 bits per heavy atom. The van der Waals surface area contributed by atoms with Gasteiger partial charge in [-0.15, -0.1) is 5.10 Å². The van der Waals surface area contributed by atoms with E-state index in [1.807, 2.05) is 61.5 Å². The van der Waals surface area contributed by atoms with Crippen molar-refractivity contribution in [1.29, 1.82) is 0 Å². The fourth-order valence-electron chi connectivity index (χ4n) is 3.64. The summed E-state index contributed by atoms with van der Waals surface area (Å²) < 4.78 is 40.7. The van der Waals surface area contributed by atoms with Crippen molar-refractivity contribution in [3.8, 4) is 17.2 Å². The quantitative estimate of drug-likeness (QED) is 0.379. The van der Waals surface area contributed by atoms with E-state index < -0.39 is 10.0 Å². The van der Waals surface area contributed by atoms with Crippen molar-refractivity contribution in [1.82, 2.24) is 19.3 Å². The Balaban J connectivity index is 1.18. The minimum absolute atomic E-state index is 0.0589. The van der Waals surface area contributed by atoms with Crippen LogP contribution in [0.3, 0.4) is 0 Å². The van der Waals surface area contributed by atoms with E-state index in [-0.39, 0.29) is 10.9 Å². The molecule has 0 radical (unpaired) electrons. The molecule has 1 aliphatic rings. The first kappa shape index (κ1) is 22.1. The standard InChI is InChI=1S/C25H24N4O4S/c1-19-7-5-6-10-25(19)33-23-11-13-24(14-12-23)34(30,31)28-16-21(17-28)29-15-20(26-27-29)18-32-22-8-3-2-4-9-22/h2-15,21H,16-18H2,1H3. The van der Waals surface area contributed by atoms with Gasteiger partial charge in [-0.2, -0.15) is 4.31 Å². The van der Waals surface area contributed by atoms with Crippen molar-refractivity contribution in [3.63, 3.8) is 0 Å². The zero-order chi connectivity index (χ0) is 23.5. The molecule has 0 atom stereocenters. The number of sulfonamides is 1. The highest BCUT2D eigenvalue weighted by Crippen LogP contribution is 2.30. The maximum atomic E-state index is 13.0. The summed E-state index contributed by atoms with van der Waals surface area (Å²) in [4.78, 5) is 0.235. The third-order valence-electron chi connectivity index (χ3n) is 5.67. The van der Waals surface area contributed by atoms with Crippen LogP contribution in [0.2, 0.25) is 0 Å². The second-order valence-electron chi connectivity index (χ2n) is 8.11. The Kier molecular flexibility index (Phi) is 6.04. The molecule has 1 aliphatic heterocycles.